The van der Waals surface area contributed by atoms with Crippen molar-refractivity contribution in [3.63, 3.8) is 0 Å². The van der Waals surface area contributed by atoms with Gasteiger partial charge in [0.2, 0.25) is 5.13 Å². The van der Waals surface area contributed by atoms with E-state index in [4.69, 9.17) is 0 Å². The van der Waals surface area contributed by atoms with Crippen LogP contribution in [0.5, 0.6) is 5.75 Å². The molecule has 0 saturated carbocycles. The number of aromatic hydroxyl groups is 1. The van der Waals surface area contributed by atoms with Crippen molar-refractivity contribution in [2.75, 3.05) is 11.9 Å². The maximum Gasteiger partial charge on any atom is 0.202 e. The Morgan fingerprint density at radius 3 is 2.63 bits per heavy atom. The van der Waals surface area contributed by atoms with Gasteiger partial charge in [-0.2, -0.15) is 4.37 Å². The van der Waals surface area contributed by atoms with E-state index in [1.807, 2.05) is 19.1 Å². The topological polar surface area (TPSA) is 78.3 Å². The molecule has 0 aliphatic rings. The first-order valence-corrected chi connectivity index (χ1v) is 6.96. The van der Waals surface area contributed by atoms with Crippen LogP contribution in [0.4, 0.5) is 5.13 Å². The number of anilines is 1. The number of rotatable bonds is 6. The van der Waals surface area contributed by atoms with Crippen molar-refractivity contribution in [2.45, 2.75) is 25.8 Å². The summed E-state index contributed by atoms with van der Waals surface area (Å²) >= 11 is 1.31. The van der Waals surface area contributed by atoms with E-state index in [2.05, 4.69) is 14.7 Å². The normalized spacial score (nSPS) is 12.3. The van der Waals surface area contributed by atoms with Gasteiger partial charge >= 0.3 is 0 Å². The summed E-state index contributed by atoms with van der Waals surface area (Å²) in [7, 11) is 0. The fourth-order valence-corrected chi connectivity index (χ4v) is 2.44. The maximum atomic E-state index is 9.41. The van der Waals surface area contributed by atoms with Crippen molar-refractivity contribution in [1.82, 2.24) is 9.36 Å². The van der Waals surface area contributed by atoms with Gasteiger partial charge in [-0.15, -0.1) is 0 Å². The SMILES string of the molecule is CCc1nsc(N[C@H](CO)Cc2ccc(O)cc2)n1. The highest BCUT2D eigenvalue weighted by atomic mass is 32.1. The quantitative estimate of drug-likeness (QED) is 0.752. The summed E-state index contributed by atoms with van der Waals surface area (Å²) in [6.45, 7) is 2.02. The Kier molecular flexibility index (Phi) is 4.70. The second kappa shape index (κ2) is 6.49. The number of phenols is 1. The number of nitrogens with one attached hydrogen (secondary N) is 1. The van der Waals surface area contributed by atoms with E-state index in [1.165, 1.54) is 11.5 Å². The zero-order valence-electron chi connectivity index (χ0n) is 10.7. The van der Waals surface area contributed by atoms with Gasteiger partial charge in [-0.1, -0.05) is 19.1 Å². The van der Waals surface area contributed by atoms with Crippen molar-refractivity contribution in [2.24, 2.45) is 0 Å². The van der Waals surface area contributed by atoms with Crippen LogP contribution in [0.25, 0.3) is 0 Å². The lowest BCUT2D eigenvalue weighted by atomic mass is 10.1. The molecule has 0 spiro atoms. The van der Waals surface area contributed by atoms with Crippen LogP contribution in [0, 0.1) is 0 Å². The average molecular weight is 279 g/mol. The van der Waals surface area contributed by atoms with Crippen LogP contribution in [0.3, 0.4) is 0 Å². The zero-order chi connectivity index (χ0) is 13.7. The van der Waals surface area contributed by atoms with Gasteiger partial charge in [-0.25, -0.2) is 4.98 Å². The lowest BCUT2D eigenvalue weighted by molar-refractivity contribution is 0.273. The Bertz CT molecular complexity index is 513. The van der Waals surface area contributed by atoms with Crippen LogP contribution >= 0.6 is 11.5 Å². The molecule has 0 saturated heterocycles. The first kappa shape index (κ1) is 13.8. The first-order chi connectivity index (χ1) is 9.21. The molecule has 1 aromatic carbocycles. The number of aromatic nitrogens is 2. The van der Waals surface area contributed by atoms with Gasteiger partial charge in [0.25, 0.3) is 0 Å². The fourth-order valence-electron chi connectivity index (χ4n) is 1.71. The third-order valence-corrected chi connectivity index (χ3v) is 3.43. The highest BCUT2D eigenvalue weighted by Crippen LogP contribution is 2.16. The molecule has 1 atom stereocenters. The van der Waals surface area contributed by atoms with Crippen molar-refractivity contribution in [1.29, 1.82) is 0 Å². The number of benzene rings is 1. The van der Waals surface area contributed by atoms with Gasteiger partial charge in [-0.05, 0) is 24.1 Å². The molecule has 3 N–H and O–H groups in total. The van der Waals surface area contributed by atoms with E-state index in [1.54, 1.807) is 12.1 Å². The molecular formula is C13H17N3O2S. The summed E-state index contributed by atoms with van der Waals surface area (Å²) in [5.41, 5.74) is 1.05. The standard InChI is InChI=1S/C13H17N3O2S/c1-2-12-15-13(19-16-12)14-10(8-17)7-9-3-5-11(18)6-4-9/h3-6,10,17-18H,2,7-8H2,1H3,(H,14,15,16)/t10-/m0/s1. The summed E-state index contributed by atoms with van der Waals surface area (Å²) < 4.78 is 4.19. The smallest absolute Gasteiger partial charge is 0.202 e. The van der Waals surface area contributed by atoms with Crippen molar-refractivity contribution >= 4 is 16.7 Å². The highest BCUT2D eigenvalue weighted by molar-refractivity contribution is 7.09. The van der Waals surface area contributed by atoms with Gasteiger partial charge in [0.1, 0.15) is 11.6 Å². The summed E-state index contributed by atoms with van der Waals surface area (Å²) in [4.78, 5) is 4.32. The zero-order valence-corrected chi connectivity index (χ0v) is 11.5. The molecule has 0 unspecified atom stereocenters. The summed E-state index contributed by atoms with van der Waals surface area (Å²) in [5.74, 6) is 1.06. The largest absolute Gasteiger partial charge is 0.508 e. The van der Waals surface area contributed by atoms with Crippen LogP contribution in [0.15, 0.2) is 24.3 Å². The first-order valence-electron chi connectivity index (χ1n) is 6.19. The molecule has 1 aromatic heterocycles. The summed E-state index contributed by atoms with van der Waals surface area (Å²) in [6, 6.07) is 6.87. The number of hydrogen-bond acceptors (Lipinski definition) is 6. The number of aryl methyl sites for hydroxylation is 1. The molecule has 0 aliphatic carbocycles. The van der Waals surface area contributed by atoms with E-state index in [0.29, 0.717) is 6.42 Å². The Labute approximate surface area is 116 Å². The molecule has 0 bridgehead atoms. The molecule has 1 heterocycles. The lowest BCUT2D eigenvalue weighted by Crippen LogP contribution is -2.26. The maximum absolute atomic E-state index is 9.41. The molecule has 2 rings (SSSR count). The van der Waals surface area contributed by atoms with Gasteiger partial charge in [0, 0.05) is 18.0 Å². The van der Waals surface area contributed by atoms with Gasteiger partial charge < -0.3 is 15.5 Å². The van der Waals surface area contributed by atoms with Crippen molar-refractivity contribution in [3.8, 4) is 5.75 Å². The minimum Gasteiger partial charge on any atom is -0.508 e. The summed E-state index contributed by atoms with van der Waals surface area (Å²) in [6.07, 6.45) is 1.47. The fraction of sp³-hybridized carbons (Fsp3) is 0.385. The van der Waals surface area contributed by atoms with Crippen LogP contribution in [0.1, 0.15) is 18.3 Å². The summed E-state index contributed by atoms with van der Waals surface area (Å²) in [5, 5.41) is 22.6. The third-order valence-electron chi connectivity index (χ3n) is 2.75. The van der Waals surface area contributed by atoms with Crippen LogP contribution in [-0.4, -0.2) is 32.2 Å². The second-order valence-corrected chi connectivity index (χ2v) is 5.02. The Morgan fingerprint density at radius 1 is 1.32 bits per heavy atom. The molecule has 102 valence electrons. The van der Waals surface area contributed by atoms with E-state index in [-0.39, 0.29) is 18.4 Å². The van der Waals surface area contributed by atoms with Crippen LogP contribution < -0.4 is 5.32 Å². The second-order valence-electron chi connectivity index (χ2n) is 4.26. The van der Waals surface area contributed by atoms with Gasteiger partial charge in [-0.3, -0.25) is 0 Å². The molecule has 0 aliphatic heterocycles. The molecule has 0 amide bonds. The average Bonchev–Trinajstić information content (AvgIpc) is 2.88. The Morgan fingerprint density at radius 2 is 2.05 bits per heavy atom. The third kappa shape index (κ3) is 3.90. The van der Waals surface area contributed by atoms with Gasteiger partial charge in [0.15, 0.2) is 0 Å². The van der Waals surface area contributed by atoms with E-state index >= 15 is 0 Å². The van der Waals surface area contributed by atoms with Crippen LogP contribution in [-0.2, 0) is 12.8 Å². The Hall–Kier alpha value is -1.66. The predicted molar refractivity (Wildman–Crippen MR) is 75.6 cm³/mol. The minimum absolute atomic E-state index is 0.0158. The molecule has 2 aromatic rings. The molecular weight excluding hydrogens is 262 g/mol. The number of hydrogen-bond donors (Lipinski definition) is 3. The van der Waals surface area contributed by atoms with E-state index < -0.39 is 0 Å². The van der Waals surface area contributed by atoms with E-state index in [0.717, 1.165) is 22.9 Å². The monoisotopic (exact) mass is 279 g/mol. The van der Waals surface area contributed by atoms with Crippen molar-refractivity contribution < 1.29 is 10.2 Å². The van der Waals surface area contributed by atoms with Gasteiger partial charge in [0.05, 0.1) is 12.6 Å². The molecule has 19 heavy (non-hydrogen) atoms. The Balaban J connectivity index is 1.98. The number of aliphatic hydroxyl groups excluding tert-OH is 1. The number of phenolic OH excluding ortho intramolecular Hbond substituents is 1. The predicted octanol–water partition coefficient (Wildman–Crippen LogP) is 1.82. The van der Waals surface area contributed by atoms with Crippen LogP contribution in [0.2, 0.25) is 0 Å². The molecule has 5 nitrogen and oxygen atoms in total. The molecule has 0 radical (unpaired) electrons. The van der Waals surface area contributed by atoms with E-state index in [9.17, 15) is 10.2 Å². The van der Waals surface area contributed by atoms with Crippen molar-refractivity contribution in [3.05, 3.63) is 35.7 Å². The minimum atomic E-state index is -0.109. The highest BCUT2D eigenvalue weighted by Gasteiger charge is 2.11. The number of nitrogens with zero attached hydrogens (tertiary/aromatic N) is 2. The number of aliphatic hydroxyl groups is 1. The lowest BCUT2D eigenvalue weighted by Gasteiger charge is -2.15. The molecule has 6 heteroatoms. The molecule has 0 fully saturated rings.